The monoisotopic (exact) mass is 663 g/mol. The molecule has 0 unspecified atom stereocenters. The number of nitrogens with two attached hydrogens (primary N) is 1. The number of halogens is 2. The molecule has 0 bridgehead atoms. The van der Waals surface area contributed by atoms with Crippen molar-refractivity contribution in [3.05, 3.63) is 99.5 Å². The number of fused-ring (bicyclic) bond motifs is 3. The zero-order chi connectivity index (χ0) is 31.5. The van der Waals surface area contributed by atoms with Crippen LogP contribution in [0.15, 0.2) is 77.7 Å². The predicted octanol–water partition coefficient (Wildman–Crippen LogP) is 7.74. The Hall–Kier alpha value is -3.10. The summed E-state index contributed by atoms with van der Waals surface area (Å²) in [4.78, 5) is 19.7. The lowest BCUT2D eigenvalue weighted by atomic mass is 9.88. The van der Waals surface area contributed by atoms with E-state index in [2.05, 4.69) is 11.0 Å². The number of anilines is 1. The maximum Gasteiger partial charge on any atom is 0.258 e. The number of piperidine rings is 1. The van der Waals surface area contributed by atoms with Crippen LogP contribution in [0.4, 0.5) is 5.69 Å². The summed E-state index contributed by atoms with van der Waals surface area (Å²) in [5.74, 6) is 0.883. The summed E-state index contributed by atoms with van der Waals surface area (Å²) in [5, 5.41) is 2.80. The molecule has 4 aromatic rings. The molecule has 2 N–H and O–H groups in total. The van der Waals surface area contributed by atoms with Gasteiger partial charge in [-0.2, -0.15) is 0 Å². The van der Waals surface area contributed by atoms with Crippen molar-refractivity contribution in [3.8, 4) is 5.75 Å². The van der Waals surface area contributed by atoms with Gasteiger partial charge < -0.3 is 20.3 Å². The molecule has 2 aliphatic heterocycles. The molecular weight excluding hydrogens is 625 g/mol. The largest absolute Gasteiger partial charge is 0.490 e. The van der Waals surface area contributed by atoms with Gasteiger partial charge >= 0.3 is 0 Å². The maximum absolute atomic E-state index is 14.3. The van der Waals surface area contributed by atoms with Crippen LogP contribution in [0, 0.1) is 0 Å². The molecular formula is C36H39Cl2N3O3S. The van der Waals surface area contributed by atoms with Crippen LogP contribution < -0.4 is 10.5 Å². The van der Waals surface area contributed by atoms with Crippen LogP contribution in [-0.2, 0) is 10.8 Å². The average molecular weight is 665 g/mol. The second-order valence-electron chi connectivity index (χ2n) is 12.1. The van der Waals surface area contributed by atoms with Gasteiger partial charge in [-0.3, -0.25) is 9.00 Å². The summed E-state index contributed by atoms with van der Waals surface area (Å²) in [6.45, 7) is 4.47. The highest BCUT2D eigenvalue weighted by atomic mass is 35.5. The molecule has 1 amide bonds. The Morgan fingerprint density at radius 3 is 2.51 bits per heavy atom. The lowest BCUT2D eigenvalue weighted by Gasteiger charge is -2.35. The summed E-state index contributed by atoms with van der Waals surface area (Å²) in [7, 11) is -0.999. The topological polar surface area (TPSA) is 75.9 Å². The number of nitrogen functional groups attached to an aromatic ring is 1. The Morgan fingerprint density at radius 2 is 1.73 bits per heavy atom. The highest BCUT2D eigenvalue weighted by Gasteiger charge is 2.30. The molecule has 6 rings (SSSR count). The molecule has 45 heavy (non-hydrogen) atoms. The van der Waals surface area contributed by atoms with Crippen molar-refractivity contribution in [2.45, 2.75) is 42.4 Å². The van der Waals surface area contributed by atoms with Crippen molar-refractivity contribution in [1.29, 1.82) is 0 Å². The third-order valence-electron chi connectivity index (χ3n) is 9.26. The van der Waals surface area contributed by atoms with Crippen LogP contribution >= 0.6 is 23.2 Å². The number of hydrogen-bond acceptors (Lipinski definition) is 5. The molecule has 0 radical (unpaired) electrons. The van der Waals surface area contributed by atoms with E-state index in [0.29, 0.717) is 59.1 Å². The van der Waals surface area contributed by atoms with E-state index in [4.69, 9.17) is 33.7 Å². The molecule has 6 nitrogen and oxygen atoms in total. The van der Waals surface area contributed by atoms with Crippen LogP contribution in [0.2, 0.25) is 10.0 Å². The molecule has 4 aromatic carbocycles. The lowest BCUT2D eigenvalue weighted by molar-refractivity contribution is 0.0712. The molecule has 0 aliphatic carbocycles. The molecule has 0 spiro atoms. The van der Waals surface area contributed by atoms with Crippen LogP contribution in [-0.4, -0.2) is 65.5 Å². The molecule has 1 saturated heterocycles. The maximum atomic E-state index is 14.3. The first-order valence-electron chi connectivity index (χ1n) is 15.6. The van der Waals surface area contributed by atoms with E-state index in [9.17, 15) is 9.00 Å². The molecule has 9 heteroatoms. The van der Waals surface area contributed by atoms with Gasteiger partial charge in [-0.05, 0) is 97.4 Å². The van der Waals surface area contributed by atoms with Gasteiger partial charge in [0.05, 0.1) is 38.7 Å². The van der Waals surface area contributed by atoms with Crippen molar-refractivity contribution < 1.29 is 13.7 Å². The second-order valence-corrected chi connectivity index (χ2v) is 14.3. The number of carbonyl (C=O) groups is 1. The van der Waals surface area contributed by atoms with Crippen LogP contribution in [0.5, 0.6) is 5.75 Å². The van der Waals surface area contributed by atoms with E-state index in [0.717, 1.165) is 60.1 Å². The van der Waals surface area contributed by atoms with Crippen molar-refractivity contribution in [2.75, 3.05) is 51.3 Å². The SMILES string of the molecule is C[S@](=O)c1ccccc1C1CCN(CC[C@H](CN2CCCOc3c(N)cc4ccccc4c3C2=O)c2ccc(Cl)c(Cl)c2)CC1. The second kappa shape index (κ2) is 14.1. The van der Waals surface area contributed by atoms with Gasteiger partial charge in [0.15, 0.2) is 5.75 Å². The number of carbonyl (C=O) groups excluding carboxylic acids is 1. The van der Waals surface area contributed by atoms with Gasteiger partial charge in [0.2, 0.25) is 0 Å². The fourth-order valence-electron chi connectivity index (χ4n) is 6.86. The highest BCUT2D eigenvalue weighted by molar-refractivity contribution is 7.84. The molecule has 0 saturated carbocycles. The number of ether oxygens (including phenoxy) is 1. The molecule has 2 atom stereocenters. The third kappa shape index (κ3) is 7.02. The normalized spacial score (nSPS) is 17.8. The molecule has 2 aliphatic rings. The Bertz CT molecular complexity index is 1720. The number of nitrogens with zero attached hydrogens (tertiary/aromatic N) is 2. The van der Waals surface area contributed by atoms with Crippen LogP contribution in [0.25, 0.3) is 10.8 Å². The standard InChI is InChI=1S/C36H39Cl2N3O3S/c1-45(43)33-10-5-4-8-28(33)24-13-17-40(18-14-24)19-15-27(25-11-12-30(37)31(38)21-25)23-41-16-6-20-44-35-32(39)22-26-7-2-3-9-29(26)34(35)36(41)42/h2-5,7-12,21-22,24,27H,6,13-20,23,39H2,1H3/t27-,45+/m1/s1. The van der Waals surface area contributed by atoms with E-state index >= 15 is 0 Å². The van der Waals surface area contributed by atoms with Gasteiger partial charge in [-0.25, -0.2) is 0 Å². The predicted molar refractivity (Wildman–Crippen MR) is 185 cm³/mol. The van der Waals surface area contributed by atoms with Crippen LogP contribution in [0.1, 0.15) is 59.0 Å². The number of rotatable bonds is 8. The summed E-state index contributed by atoms with van der Waals surface area (Å²) >= 11 is 12.8. The first-order chi connectivity index (χ1) is 21.8. The van der Waals surface area contributed by atoms with Crippen molar-refractivity contribution in [2.24, 2.45) is 0 Å². The van der Waals surface area contributed by atoms with E-state index in [1.54, 1.807) is 6.26 Å². The Kier molecular flexibility index (Phi) is 10.0. The summed E-state index contributed by atoms with van der Waals surface area (Å²) in [6, 6.07) is 23.7. The average Bonchev–Trinajstić information content (AvgIpc) is 3.04. The smallest absolute Gasteiger partial charge is 0.258 e. The fourth-order valence-corrected chi connectivity index (χ4v) is 8.01. The Labute approximate surface area is 277 Å². The molecule has 1 fully saturated rings. The molecule has 0 aromatic heterocycles. The number of benzene rings is 4. The quantitative estimate of drug-likeness (QED) is 0.195. The summed E-state index contributed by atoms with van der Waals surface area (Å²) in [5.41, 5.74) is 9.73. The van der Waals surface area contributed by atoms with E-state index in [1.165, 1.54) is 5.56 Å². The van der Waals surface area contributed by atoms with Crippen molar-refractivity contribution in [3.63, 3.8) is 0 Å². The van der Waals surface area contributed by atoms with E-state index in [-0.39, 0.29) is 11.8 Å². The summed E-state index contributed by atoms with van der Waals surface area (Å²) in [6.07, 6.45) is 5.39. The minimum Gasteiger partial charge on any atom is -0.490 e. The van der Waals surface area contributed by atoms with Gasteiger partial charge in [-0.1, -0.05) is 71.7 Å². The zero-order valence-electron chi connectivity index (χ0n) is 25.5. The highest BCUT2D eigenvalue weighted by Crippen LogP contribution is 2.38. The Morgan fingerprint density at radius 1 is 0.978 bits per heavy atom. The minimum atomic E-state index is -0.999. The van der Waals surface area contributed by atoms with Gasteiger partial charge in [0, 0.05) is 30.2 Å². The third-order valence-corrected chi connectivity index (χ3v) is 11.0. The number of amides is 1. The van der Waals surface area contributed by atoms with Gasteiger partial charge in [-0.15, -0.1) is 0 Å². The number of hydrogen-bond donors (Lipinski definition) is 1. The first-order valence-corrected chi connectivity index (χ1v) is 17.9. The van der Waals surface area contributed by atoms with Crippen LogP contribution in [0.3, 0.4) is 0 Å². The fraction of sp³-hybridized carbons (Fsp3) is 0.361. The van der Waals surface area contributed by atoms with Crippen molar-refractivity contribution >= 4 is 56.4 Å². The Balaban J connectivity index is 1.22. The first kappa shape index (κ1) is 31.9. The van der Waals surface area contributed by atoms with E-state index in [1.807, 2.05) is 71.6 Å². The van der Waals surface area contributed by atoms with Crippen molar-refractivity contribution in [1.82, 2.24) is 9.80 Å². The molecule has 2 heterocycles. The lowest BCUT2D eigenvalue weighted by Crippen LogP contribution is -2.39. The molecule has 236 valence electrons. The van der Waals surface area contributed by atoms with Gasteiger partial charge in [0.1, 0.15) is 0 Å². The van der Waals surface area contributed by atoms with E-state index < -0.39 is 10.8 Å². The summed E-state index contributed by atoms with van der Waals surface area (Å²) < 4.78 is 18.4. The van der Waals surface area contributed by atoms with Gasteiger partial charge in [0.25, 0.3) is 5.91 Å². The zero-order valence-corrected chi connectivity index (χ0v) is 27.8. The minimum absolute atomic E-state index is 0.0563. The number of likely N-dealkylation sites (tertiary alicyclic amines) is 1.